The molecule has 0 saturated carbocycles. The van der Waals surface area contributed by atoms with Gasteiger partial charge in [-0.3, -0.25) is 0 Å². The number of aromatic nitrogens is 1. The van der Waals surface area contributed by atoms with Crippen molar-refractivity contribution in [1.29, 1.82) is 5.26 Å². The van der Waals surface area contributed by atoms with E-state index in [1.165, 1.54) is 11.3 Å². The standard InChI is InChI=1S/C21H18ClN3OS/c1-3-26-18-8-5-15(6-9-18)20-13-27-21(25-20)16(11-23)12-24-19-10-17(22)7-4-14(19)2/h4-10,12-13,24H,3H2,1-2H3/b16-12+. The first-order valence-electron chi connectivity index (χ1n) is 8.42. The van der Waals surface area contributed by atoms with E-state index >= 15 is 0 Å². The minimum Gasteiger partial charge on any atom is -0.494 e. The van der Waals surface area contributed by atoms with Crippen LogP contribution >= 0.6 is 22.9 Å². The molecule has 0 saturated heterocycles. The number of ether oxygens (including phenoxy) is 1. The Morgan fingerprint density at radius 3 is 2.78 bits per heavy atom. The number of rotatable bonds is 6. The molecule has 136 valence electrons. The number of allylic oxidation sites excluding steroid dienone is 1. The third kappa shape index (κ3) is 4.68. The molecule has 0 spiro atoms. The first-order chi connectivity index (χ1) is 13.1. The third-order valence-electron chi connectivity index (χ3n) is 3.89. The molecule has 0 atom stereocenters. The number of nitrogens with one attached hydrogen (secondary N) is 1. The molecule has 0 bridgehead atoms. The number of thiazole rings is 1. The molecule has 1 aromatic heterocycles. The maximum Gasteiger partial charge on any atom is 0.136 e. The number of aryl methyl sites for hydroxylation is 1. The molecule has 6 heteroatoms. The van der Waals surface area contributed by atoms with Gasteiger partial charge in [0.1, 0.15) is 22.4 Å². The number of nitrogens with zero attached hydrogens (tertiary/aromatic N) is 2. The summed E-state index contributed by atoms with van der Waals surface area (Å²) in [5.41, 5.74) is 4.19. The topological polar surface area (TPSA) is 57.9 Å². The van der Waals surface area contributed by atoms with E-state index in [9.17, 15) is 5.26 Å². The normalized spacial score (nSPS) is 11.1. The van der Waals surface area contributed by atoms with Gasteiger partial charge in [-0.25, -0.2) is 4.98 Å². The Balaban J connectivity index is 1.80. The van der Waals surface area contributed by atoms with Crippen molar-refractivity contribution in [3.63, 3.8) is 0 Å². The average Bonchev–Trinajstić information content (AvgIpc) is 3.16. The zero-order chi connectivity index (χ0) is 19.2. The molecule has 0 fully saturated rings. The minimum atomic E-state index is 0.469. The van der Waals surface area contributed by atoms with Crippen LogP contribution in [-0.2, 0) is 0 Å². The van der Waals surface area contributed by atoms with Crippen LogP contribution in [0.15, 0.2) is 54.0 Å². The summed E-state index contributed by atoms with van der Waals surface area (Å²) < 4.78 is 5.46. The maximum absolute atomic E-state index is 9.52. The Hall–Kier alpha value is -2.81. The van der Waals surface area contributed by atoms with E-state index in [1.54, 1.807) is 6.20 Å². The van der Waals surface area contributed by atoms with Crippen molar-refractivity contribution in [2.75, 3.05) is 11.9 Å². The molecular formula is C21H18ClN3OS. The number of benzene rings is 2. The summed E-state index contributed by atoms with van der Waals surface area (Å²) in [5, 5.41) is 15.9. The number of halogens is 1. The third-order valence-corrected chi connectivity index (χ3v) is 5.00. The van der Waals surface area contributed by atoms with Gasteiger partial charge < -0.3 is 10.1 Å². The summed E-state index contributed by atoms with van der Waals surface area (Å²) in [6, 6.07) is 15.6. The van der Waals surface area contributed by atoms with Crippen LogP contribution in [0.25, 0.3) is 16.8 Å². The fraction of sp³-hybridized carbons (Fsp3) is 0.143. The Kier molecular flexibility index (Phi) is 6.12. The minimum absolute atomic E-state index is 0.469. The molecule has 3 rings (SSSR count). The van der Waals surface area contributed by atoms with Crippen LogP contribution in [-0.4, -0.2) is 11.6 Å². The lowest BCUT2D eigenvalue weighted by atomic mass is 10.2. The first-order valence-corrected chi connectivity index (χ1v) is 9.68. The highest BCUT2D eigenvalue weighted by molar-refractivity contribution is 7.11. The second kappa shape index (κ2) is 8.72. The second-order valence-electron chi connectivity index (χ2n) is 5.77. The van der Waals surface area contributed by atoms with E-state index in [0.717, 1.165) is 28.3 Å². The summed E-state index contributed by atoms with van der Waals surface area (Å²) in [4.78, 5) is 4.60. The molecule has 3 aromatic rings. The molecule has 1 heterocycles. The molecule has 0 amide bonds. The van der Waals surface area contributed by atoms with Crippen LogP contribution in [0.4, 0.5) is 5.69 Å². The highest BCUT2D eigenvalue weighted by Gasteiger charge is 2.09. The van der Waals surface area contributed by atoms with Crippen molar-refractivity contribution in [3.05, 3.63) is 69.6 Å². The molecule has 1 N–H and O–H groups in total. The number of nitriles is 1. The fourth-order valence-electron chi connectivity index (χ4n) is 2.46. The number of anilines is 1. The predicted octanol–water partition coefficient (Wildman–Crippen LogP) is 6.15. The summed E-state index contributed by atoms with van der Waals surface area (Å²) in [6.45, 7) is 4.57. The SMILES string of the molecule is CCOc1ccc(-c2csc(/C(C#N)=C/Nc3cc(Cl)ccc3C)n2)cc1. The first kappa shape index (κ1) is 19.0. The largest absolute Gasteiger partial charge is 0.494 e. The Morgan fingerprint density at radius 2 is 2.07 bits per heavy atom. The van der Waals surface area contributed by atoms with Gasteiger partial charge in [-0.1, -0.05) is 17.7 Å². The van der Waals surface area contributed by atoms with Gasteiger partial charge in [-0.2, -0.15) is 5.26 Å². The van der Waals surface area contributed by atoms with Crippen LogP contribution < -0.4 is 10.1 Å². The molecule has 0 aliphatic heterocycles. The maximum atomic E-state index is 9.52. The summed E-state index contributed by atoms with van der Waals surface area (Å²) in [6.07, 6.45) is 1.67. The van der Waals surface area contributed by atoms with Gasteiger partial charge in [-0.05, 0) is 55.8 Å². The highest BCUT2D eigenvalue weighted by atomic mass is 35.5. The monoisotopic (exact) mass is 395 g/mol. The molecule has 0 unspecified atom stereocenters. The summed E-state index contributed by atoms with van der Waals surface area (Å²) in [7, 11) is 0. The van der Waals surface area contributed by atoms with Gasteiger partial charge in [-0.15, -0.1) is 11.3 Å². The fourth-order valence-corrected chi connectivity index (χ4v) is 3.43. The summed E-state index contributed by atoms with van der Waals surface area (Å²) >= 11 is 7.47. The van der Waals surface area contributed by atoms with Crippen molar-refractivity contribution < 1.29 is 4.74 Å². The molecule has 27 heavy (non-hydrogen) atoms. The summed E-state index contributed by atoms with van der Waals surface area (Å²) in [5.74, 6) is 0.829. The Bertz CT molecular complexity index is 1000. The van der Waals surface area contributed by atoms with Crippen LogP contribution in [0.1, 0.15) is 17.5 Å². The quantitative estimate of drug-likeness (QED) is 0.508. The van der Waals surface area contributed by atoms with Gasteiger partial charge in [0, 0.05) is 27.9 Å². The van der Waals surface area contributed by atoms with Gasteiger partial charge in [0.2, 0.25) is 0 Å². The van der Waals surface area contributed by atoms with Gasteiger partial charge in [0.15, 0.2) is 0 Å². The predicted molar refractivity (Wildman–Crippen MR) is 112 cm³/mol. The van der Waals surface area contributed by atoms with Crippen molar-refractivity contribution in [2.45, 2.75) is 13.8 Å². The Labute approximate surface area is 167 Å². The molecule has 0 aliphatic rings. The van der Waals surface area contributed by atoms with Crippen molar-refractivity contribution in [2.24, 2.45) is 0 Å². The van der Waals surface area contributed by atoms with Gasteiger partial charge >= 0.3 is 0 Å². The van der Waals surface area contributed by atoms with E-state index < -0.39 is 0 Å². The highest BCUT2D eigenvalue weighted by Crippen LogP contribution is 2.28. The van der Waals surface area contributed by atoms with Crippen LogP contribution in [0.3, 0.4) is 0 Å². The lowest BCUT2D eigenvalue weighted by molar-refractivity contribution is 0.340. The molecule has 2 aromatic carbocycles. The lowest BCUT2D eigenvalue weighted by Crippen LogP contribution is -1.93. The second-order valence-corrected chi connectivity index (χ2v) is 7.06. The molecular weight excluding hydrogens is 378 g/mol. The van der Waals surface area contributed by atoms with Crippen molar-refractivity contribution in [3.8, 4) is 23.1 Å². The lowest BCUT2D eigenvalue weighted by Gasteiger charge is -2.06. The van der Waals surface area contributed by atoms with Gasteiger partial charge in [0.05, 0.1) is 12.3 Å². The van der Waals surface area contributed by atoms with E-state index in [0.29, 0.717) is 22.2 Å². The zero-order valence-corrected chi connectivity index (χ0v) is 16.6. The van der Waals surface area contributed by atoms with Crippen LogP contribution in [0.5, 0.6) is 5.75 Å². The average molecular weight is 396 g/mol. The molecule has 4 nitrogen and oxygen atoms in total. The smallest absolute Gasteiger partial charge is 0.136 e. The van der Waals surface area contributed by atoms with Gasteiger partial charge in [0.25, 0.3) is 0 Å². The number of hydrogen-bond acceptors (Lipinski definition) is 5. The van der Waals surface area contributed by atoms with E-state index in [2.05, 4.69) is 16.4 Å². The van der Waals surface area contributed by atoms with Crippen molar-refractivity contribution >= 4 is 34.2 Å². The van der Waals surface area contributed by atoms with Crippen LogP contribution in [0, 0.1) is 18.3 Å². The molecule has 0 aliphatic carbocycles. The van der Waals surface area contributed by atoms with E-state index in [1.807, 2.05) is 61.7 Å². The van der Waals surface area contributed by atoms with Crippen LogP contribution in [0.2, 0.25) is 5.02 Å². The Morgan fingerprint density at radius 1 is 1.30 bits per heavy atom. The number of hydrogen-bond donors (Lipinski definition) is 1. The van der Waals surface area contributed by atoms with Crippen molar-refractivity contribution in [1.82, 2.24) is 4.98 Å². The molecule has 0 radical (unpaired) electrons. The van der Waals surface area contributed by atoms with E-state index in [-0.39, 0.29) is 0 Å². The van der Waals surface area contributed by atoms with E-state index in [4.69, 9.17) is 16.3 Å². The zero-order valence-electron chi connectivity index (χ0n) is 15.0.